The molecule has 0 aliphatic rings. The van der Waals surface area contributed by atoms with E-state index in [0.29, 0.717) is 11.5 Å². The van der Waals surface area contributed by atoms with Gasteiger partial charge in [-0.2, -0.15) is 0 Å². The van der Waals surface area contributed by atoms with Crippen LogP contribution in [0.5, 0.6) is 0 Å². The Kier molecular flexibility index (Phi) is 3.24. The molecule has 1 aromatic carbocycles. The van der Waals surface area contributed by atoms with E-state index >= 15 is 0 Å². The molecular formula is C11H10FN3O2S. The lowest BCUT2D eigenvalue weighted by Crippen LogP contribution is -2.03. The average Bonchev–Trinajstić information content (AvgIpc) is 2.32. The Labute approximate surface area is 104 Å². The summed E-state index contributed by atoms with van der Waals surface area (Å²) in [6.45, 7) is 0. The number of rotatable bonds is 3. The van der Waals surface area contributed by atoms with Gasteiger partial charge in [-0.15, -0.1) is 10.2 Å². The third-order valence-corrected chi connectivity index (χ3v) is 3.11. The SMILES string of the molecule is CS(=O)(=O)c1ccc(Nc2ccc(F)cc2)nn1. The van der Waals surface area contributed by atoms with Gasteiger partial charge in [-0.3, -0.25) is 0 Å². The van der Waals surface area contributed by atoms with E-state index in [1.54, 1.807) is 12.1 Å². The molecular weight excluding hydrogens is 257 g/mol. The van der Waals surface area contributed by atoms with Crippen LogP contribution in [0.15, 0.2) is 41.4 Å². The summed E-state index contributed by atoms with van der Waals surface area (Å²) in [5.74, 6) is 0.0491. The van der Waals surface area contributed by atoms with E-state index in [1.165, 1.54) is 24.3 Å². The lowest BCUT2D eigenvalue weighted by molar-refractivity contribution is 0.596. The van der Waals surface area contributed by atoms with E-state index in [9.17, 15) is 12.8 Å². The number of anilines is 2. The summed E-state index contributed by atoms with van der Waals surface area (Å²) in [4.78, 5) is 0. The van der Waals surface area contributed by atoms with Crippen molar-refractivity contribution < 1.29 is 12.8 Å². The Morgan fingerprint density at radius 3 is 2.22 bits per heavy atom. The lowest BCUT2D eigenvalue weighted by Gasteiger charge is -2.04. The maximum Gasteiger partial charge on any atom is 0.194 e. The first-order valence-corrected chi connectivity index (χ1v) is 6.91. The van der Waals surface area contributed by atoms with Gasteiger partial charge in [0.05, 0.1) is 0 Å². The predicted molar refractivity (Wildman–Crippen MR) is 64.8 cm³/mol. The second-order valence-corrected chi connectivity index (χ2v) is 5.62. The van der Waals surface area contributed by atoms with Crippen molar-refractivity contribution in [3.63, 3.8) is 0 Å². The third-order valence-electron chi connectivity index (χ3n) is 2.14. The zero-order valence-corrected chi connectivity index (χ0v) is 10.3. The zero-order chi connectivity index (χ0) is 13.2. The first-order valence-electron chi connectivity index (χ1n) is 5.01. The van der Waals surface area contributed by atoms with Crippen molar-refractivity contribution in [1.29, 1.82) is 0 Å². The fraction of sp³-hybridized carbons (Fsp3) is 0.0909. The van der Waals surface area contributed by atoms with Crippen LogP contribution in [0.4, 0.5) is 15.9 Å². The van der Waals surface area contributed by atoms with Crippen molar-refractivity contribution in [2.75, 3.05) is 11.6 Å². The monoisotopic (exact) mass is 267 g/mol. The summed E-state index contributed by atoms with van der Waals surface area (Å²) in [5.41, 5.74) is 0.637. The van der Waals surface area contributed by atoms with Crippen LogP contribution in [0.3, 0.4) is 0 Å². The molecule has 1 heterocycles. The van der Waals surface area contributed by atoms with Crippen LogP contribution in [-0.2, 0) is 9.84 Å². The number of hydrogen-bond donors (Lipinski definition) is 1. The number of sulfone groups is 1. The van der Waals surface area contributed by atoms with Gasteiger partial charge in [0.2, 0.25) is 0 Å². The highest BCUT2D eigenvalue weighted by molar-refractivity contribution is 7.90. The minimum atomic E-state index is -3.35. The predicted octanol–water partition coefficient (Wildman–Crippen LogP) is 1.76. The number of benzene rings is 1. The van der Waals surface area contributed by atoms with E-state index in [-0.39, 0.29) is 10.8 Å². The standard InChI is InChI=1S/C11H10FN3O2S/c1-18(16,17)11-7-6-10(14-15-11)13-9-4-2-8(12)3-5-9/h2-7H,1H3,(H,13,14). The number of hydrogen-bond acceptors (Lipinski definition) is 5. The molecule has 5 nitrogen and oxygen atoms in total. The summed E-state index contributed by atoms with van der Waals surface area (Å²) < 4.78 is 35.0. The van der Waals surface area contributed by atoms with Gasteiger partial charge in [0, 0.05) is 11.9 Å². The first kappa shape index (κ1) is 12.4. The van der Waals surface area contributed by atoms with Gasteiger partial charge >= 0.3 is 0 Å². The molecule has 94 valence electrons. The zero-order valence-electron chi connectivity index (χ0n) is 9.46. The molecule has 0 amide bonds. The molecule has 0 saturated carbocycles. The molecule has 0 aliphatic heterocycles. The van der Waals surface area contributed by atoms with E-state index in [0.717, 1.165) is 6.26 Å². The second kappa shape index (κ2) is 4.69. The molecule has 0 saturated heterocycles. The van der Waals surface area contributed by atoms with Gasteiger partial charge in [0.1, 0.15) is 5.82 Å². The van der Waals surface area contributed by atoms with Crippen molar-refractivity contribution >= 4 is 21.3 Å². The highest BCUT2D eigenvalue weighted by atomic mass is 32.2. The van der Waals surface area contributed by atoms with E-state index in [1.807, 2.05) is 0 Å². The smallest absolute Gasteiger partial charge is 0.194 e. The summed E-state index contributed by atoms with van der Waals surface area (Å²) in [6.07, 6.45) is 1.06. The Morgan fingerprint density at radius 2 is 1.72 bits per heavy atom. The van der Waals surface area contributed by atoms with Crippen LogP contribution in [0, 0.1) is 5.82 Å². The molecule has 1 aromatic heterocycles. The molecule has 18 heavy (non-hydrogen) atoms. The molecule has 2 rings (SSSR count). The molecule has 0 bridgehead atoms. The van der Waals surface area contributed by atoms with Crippen molar-refractivity contribution in [2.45, 2.75) is 5.03 Å². The fourth-order valence-electron chi connectivity index (χ4n) is 1.27. The Bertz CT molecular complexity index is 639. The maximum absolute atomic E-state index is 12.7. The van der Waals surface area contributed by atoms with Crippen LogP contribution in [-0.4, -0.2) is 24.9 Å². The molecule has 1 N–H and O–H groups in total. The Balaban J connectivity index is 2.18. The van der Waals surface area contributed by atoms with Gasteiger partial charge in [0.25, 0.3) is 0 Å². The van der Waals surface area contributed by atoms with Crippen molar-refractivity contribution in [2.24, 2.45) is 0 Å². The van der Waals surface area contributed by atoms with Gasteiger partial charge in [-0.05, 0) is 36.4 Å². The number of nitrogens with one attached hydrogen (secondary N) is 1. The molecule has 0 aliphatic carbocycles. The fourth-order valence-corrected chi connectivity index (χ4v) is 1.77. The van der Waals surface area contributed by atoms with Crippen LogP contribution >= 0.6 is 0 Å². The first-order chi connectivity index (χ1) is 8.45. The largest absolute Gasteiger partial charge is 0.339 e. The minimum absolute atomic E-state index is 0.0906. The number of nitrogens with zero attached hydrogens (tertiary/aromatic N) is 2. The van der Waals surface area contributed by atoms with Crippen LogP contribution in [0.2, 0.25) is 0 Å². The summed E-state index contributed by atoms with van der Waals surface area (Å²) in [7, 11) is -3.35. The van der Waals surface area contributed by atoms with E-state index < -0.39 is 9.84 Å². The third kappa shape index (κ3) is 3.01. The minimum Gasteiger partial charge on any atom is -0.339 e. The normalized spacial score (nSPS) is 11.2. The topological polar surface area (TPSA) is 72.0 Å². The Morgan fingerprint density at radius 1 is 1.06 bits per heavy atom. The highest BCUT2D eigenvalue weighted by Crippen LogP contribution is 2.15. The van der Waals surface area contributed by atoms with Gasteiger partial charge in [-0.25, -0.2) is 12.8 Å². The van der Waals surface area contributed by atoms with Gasteiger partial charge < -0.3 is 5.32 Å². The Hall–Kier alpha value is -2.02. The molecule has 0 atom stereocenters. The molecule has 0 spiro atoms. The summed E-state index contributed by atoms with van der Waals surface area (Å²) in [6, 6.07) is 8.55. The maximum atomic E-state index is 12.7. The average molecular weight is 267 g/mol. The molecule has 0 unspecified atom stereocenters. The van der Waals surface area contributed by atoms with Crippen LogP contribution < -0.4 is 5.32 Å². The lowest BCUT2D eigenvalue weighted by atomic mass is 10.3. The molecule has 0 radical (unpaired) electrons. The molecule has 0 fully saturated rings. The van der Waals surface area contributed by atoms with E-state index in [4.69, 9.17) is 0 Å². The van der Waals surface area contributed by atoms with Crippen molar-refractivity contribution in [3.05, 3.63) is 42.2 Å². The van der Waals surface area contributed by atoms with Crippen LogP contribution in [0.1, 0.15) is 0 Å². The van der Waals surface area contributed by atoms with Crippen molar-refractivity contribution in [1.82, 2.24) is 10.2 Å². The summed E-state index contributed by atoms with van der Waals surface area (Å²) in [5, 5.41) is 10.1. The molecule has 2 aromatic rings. The highest BCUT2D eigenvalue weighted by Gasteiger charge is 2.09. The quantitative estimate of drug-likeness (QED) is 0.917. The number of halogens is 1. The van der Waals surface area contributed by atoms with Crippen molar-refractivity contribution in [3.8, 4) is 0 Å². The molecule has 7 heteroatoms. The van der Waals surface area contributed by atoms with E-state index in [2.05, 4.69) is 15.5 Å². The number of aromatic nitrogens is 2. The van der Waals surface area contributed by atoms with Gasteiger partial charge in [-0.1, -0.05) is 0 Å². The second-order valence-electron chi connectivity index (χ2n) is 3.66. The summed E-state index contributed by atoms with van der Waals surface area (Å²) >= 11 is 0. The van der Waals surface area contributed by atoms with Crippen LogP contribution in [0.25, 0.3) is 0 Å². The van der Waals surface area contributed by atoms with Gasteiger partial charge in [0.15, 0.2) is 20.7 Å².